The highest BCUT2D eigenvalue weighted by molar-refractivity contribution is 5.87. The zero-order valence-electron chi connectivity index (χ0n) is 16.2. The van der Waals surface area contributed by atoms with Crippen LogP contribution in [-0.4, -0.2) is 42.2 Å². The van der Waals surface area contributed by atoms with Crippen molar-refractivity contribution in [2.45, 2.75) is 12.5 Å². The van der Waals surface area contributed by atoms with Crippen LogP contribution in [0.2, 0.25) is 0 Å². The second kappa shape index (κ2) is 9.30. The standard InChI is InChI=1S/C23H24N4O2/c28-23(22(18-7-3-1-4-8-18)19-9-5-2-6-10-19)25-17-20-24-12-11-21(26-20)27-13-15-29-16-14-27/h1-12,22H,13-17H2,(H,25,28). The topological polar surface area (TPSA) is 67.4 Å². The van der Waals surface area contributed by atoms with Gasteiger partial charge in [0.15, 0.2) is 0 Å². The number of carbonyl (C=O) groups is 1. The fraction of sp³-hybridized carbons (Fsp3) is 0.261. The van der Waals surface area contributed by atoms with Gasteiger partial charge >= 0.3 is 0 Å². The monoisotopic (exact) mass is 388 g/mol. The zero-order chi connectivity index (χ0) is 19.9. The average molecular weight is 388 g/mol. The quantitative estimate of drug-likeness (QED) is 0.703. The molecule has 3 aromatic rings. The Hall–Kier alpha value is -3.25. The van der Waals surface area contributed by atoms with E-state index in [1.807, 2.05) is 66.7 Å². The summed E-state index contributed by atoms with van der Waals surface area (Å²) in [5.41, 5.74) is 1.92. The summed E-state index contributed by atoms with van der Waals surface area (Å²) in [5.74, 6) is 1.03. The van der Waals surface area contributed by atoms with E-state index in [0.29, 0.717) is 19.0 Å². The molecule has 1 aliphatic rings. The van der Waals surface area contributed by atoms with Crippen LogP contribution in [0, 0.1) is 0 Å². The SMILES string of the molecule is O=C(NCc1nccc(N2CCOCC2)n1)C(c1ccccc1)c1ccccc1. The number of amides is 1. The maximum atomic E-state index is 13.1. The number of morpholine rings is 1. The highest BCUT2D eigenvalue weighted by Gasteiger charge is 2.22. The van der Waals surface area contributed by atoms with Crippen molar-refractivity contribution in [2.24, 2.45) is 0 Å². The summed E-state index contributed by atoms with van der Waals surface area (Å²) in [5, 5.41) is 3.02. The molecule has 1 amide bonds. The number of hydrogen-bond donors (Lipinski definition) is 1. The van der Waals surface area contributed by atoms with Crippen molar-refractivity contribution in [1.82, 2.24) is 15.3 Å². The molecule has 0 unspecified atom stereocenters. The number of nitrogens with zero attached hydrogens (tertiary/aromatic N) is 3. The molecule has 4 rings (SSSR count). The van der Waals surface area contributed by atoms with Gasteiger partial charge in [-0.25, -0.2) is 9.97 Å². The largest absolute Gasteiger partial charge is 0.378 e. The van der Waals surface area contributed by atoms with E-state index in [1.165, 1.54) is 0 Å². The molecule has 0 aliphatic carbocycles. The first-order chi connectivity index (χ1) is 14.3. The van der Waals surface area contributed by atoms with E-state index in [2.05, 4.69) is 20.2 Å². The molecule has 29 heavy (non-hydrogen) atoms. The number of ether oxygens (including phenoxy) is 1. The van der Waals surface area contributed by atoms with Crippen molar-refractivity contribution in [2.75, 3.05) is 31.2 Å². The Morgan fingerprint density at radius 2 is 1.59 bits per heavy atom. The minimum absolute atomic E-state index is 0.0669. The summed E-state index contributed by atoms with van der Waals surface area (Å²) in [6, 6.07) is 21.5. The lowest BCUT2D eigenvalue weighted by atomic mass is 9.90. The maximum absolute atomic E-state index is 13.1. The Balaban J connectivity index is 1.48. The number of hydrogen-bond acceptors (Lipinski definition) is 5. The van der Waals surface area contributed by atoms with E-state index < -0.39 is 0 Å². The molecule has 148 valence electrons. The van der Waals surface area contributed by atoms with Gasteiger partial charge in [-0.2, -0.15) is 0 Å². The minimum atomic E-state index is -0.375. The molecule has 1 N–H and O–H groups in total. The molecule has 0 spiro atoms. The maximum Gasteiger partial charge on any atom is 0.232 e. The van der Waals surface area contributed by atoms with Crippen molar-refractivity contribution in [3.05, 3.63) is 89.9 Å². The normalized spacial score (nSPS) is 14.0. The van der Waals surface area contributed by atoms with E-state index >= 15 is 0 Å². The molecule has 2 heterocycles. The number of aromatic nitrogens is 2. The predicted molar refractivity (Wildman–Crippen MR) is 112 cm³/mol. The molecular weight excluding hydrogens is 364 g/mol. The molecule has 0 saturated carbocycles. The van der Waals surface area contributed by atoms with Crippen LogP contribution >= 0.6 is 0 Å². The van der Waals surface area contributed by atoms with Crippen molar-refractivity contribution in [3.63, 3.8) is 0 Å². The molecule has 1 fully saturated rings. The van der Waals surface area contributed by atoms with Gasteiger partial charge in [-0.1, -0.05) is 60.7 Å². The van der Waals surface area contributed by atoms with Gasteiger partial charge in [0.2, 0.25) is 5.91 Å². The molecular formula is C23H24N4O2. The van der Waals surface area contributed by atoms with Crippen LogP contribution in [0.5, 0.6) is 0 Å². The third kappa shape index (κ3) is 4.78. The third-order valence-corrected chi connectivity index (χ3v) is 4.97. The van der Waals surface area contributed by atoms with Crippen LogP contribution in [0.3, 0.4) is 0 Å². The molecule has 0 radical (unpaired) electrons. The van der Waals surface area contributed by atoms with Crippen LogP contribution < -0.4 is 10.2 Å². The van der Waals surface area contributed by atoms with Gasteiger partial charge in [0, 0.05) is 19.3 Å². The van der Waals surface area contributed by atoms with Gasteiger partial charge in [0.25, 0.3) is 0 Å². The van der Waals surface area contributed by atoms with E-state index in [1.54, 1.807) is 6.20 Å². The third-order valence-electron chi connectivity index (χ3n) is 4.97. The van der Waals surface area contributed by atoms with Crippen molar-refractivity contribution < 1.29 is 9.53 Å². The summed E-state index contributed by atoms with van der Waals surface area (Å²) in [7, 11) is 0. The van der Waals surface area contributed by atoms with Gasteiger partial charge in [0.05, 0.1) is 25.7 Å². The fourth-order valence-corrected chi connectivity index (χ4v) is 3.50. The first kappa shape index (κ1) is 19.1. The molecule has 1 aromatic heterocycles. The molecule has 1 aliphatic heterocycles. The van der Waals surface area contributed by atoms with Crippen LogP contribution in [-0.2, 0) is 16.1 Å². The lowest BCUT2D eigenvalue weighted by molar-refractivity contribution is -0.121. The summed E-state index contributed by atoms with van der Waals surface area (Å²) >= 11 is 0. The van der Waals surface area contributed by atoms with E-state index in [-0.39, 0.29) is 18.4 Å². The Labute approximate surface area is 170 Å². The number of rotatable bonds is 6. The first-order valence-electron chi connectivity index (χ1n) is 9.83. The number of carbonyl (C=O) groups excluding carboxylic acids is 1. The molecule has 2 aromatic carbocycles. The number of nitrogens with one attached hydrogen (secondary N) is 1. The van der Waals surface area contributed by atoms with E-state index in [4.69, 9.17) is 4.74 Å². The van der Waals surface area contributed by atoms with Crippen LogP contribution in [0.4, 0.5) is 5.82 Å². The minimum Gasteiger partial charge on any atom is -0.378 e. The van der Waals surface area contributed by atoms with Gasteiger partial charge < -0.3 is 15.0 Å². The molecule has 6 nitrogen and oxygen atoms in total. The average Bonchev–Trinajstić information content (AvgIpc) is 2.80. The van der Waals surface area contributed by atoms with Crippen LogP contribution in [0.1, 0.15) is 22.9 Å². The van der Waals surface area contributed by atoms with E-state index in [0.717, 1.165) is 30.0 Å². The van der Waals surface area contributed by atoms with Crippen molar-refractivity contribution in [1.29, 1.82) is 0 Å². The van der Waals surface area contributed by atoms with Crippen molar-refractivity contribution in [3.8, 4) is 0 Å². The Bertz CT molecular complexity index is 888. The zero-order valence-corrected chi connectivity index (χ0v) is 16.2. The molecule has 0 bridgehead atoms. The summed E-state index contributed by atoms with van der Waals surface area (Å²) < 4.78 is 5.40. The predicted octanol–water partition coefficient (Wildman–Crippen LogP) is 2.76. The molecule has 0 atom stereocenters. The van der Waals surface area contributed by atoms with Crippen molar-refractivity contribution >= 4 is 11.7 Å². The highest BCUT2D eigenvalue weighted by Crippen LogP contribution is 2.24. The Morgan fingerprint density at radius 3 is 2.21 bits per heavy atom. The Morgan fingerprint density at radius 1 is 0.966 bits per heavy atom. The van der Waals surface area contributed by atoms with Gasteiger partial charge in [-0.3, -0.25) is 4.79 Å². The lowest BCUT2D eigenvalue weighted by Gasteiger charge is -2.27. The number of anilines is 1. The molecule has 1 saturated heterocycles. The summed E-state index contributed by atoms with van der Waals surface area (Å²) in [6.45, 7) is 3.31. The fourth-order valence-electron chi connectivity index (χ4n) is 3.50. The first-order valence-corrected chi connectivity index (χ1v) is 9.83. The molecule has 6 heteroatoms. The van der Waals surface area contributed by atoms with Gasteiger partial charge in [-0.15, -0.1) is 0 Å². The smallest absolute Gasteiger partial charge is 0.232 e. The lowest BCUT2D eigenvalue weighted by Crippen LogP contribution is -2.37. The number of benzene rings is 2. The second-order valence-corrected chi connectivity index (χ2v) is 6.90. The van der Waals surface area contributed by atoms with Gasteiger partial charge in [-0.05, 0) is 17.2 Å². The highest BCUT2D eigenvalue weighted by atomic mass is 16.5. The van der Waals surface area contributed by atoms with Gasteiger partial charge in [0.1, 0.15) is 11.6 Å². The van der Waals surface area contributed by atoms with E-state index in [9.17, 15) is 4.79 Å². The Kier molecular flexibility index (Phi) is 6.12. The second-order valence-electron chi connectivity index (χ2n) is 6.90. The summed E-state index contributed by atoms with van der Waals surface area (Å²) in [6.07, 6.45) is 1.74. The summed E-state index contributed by atoms with van der Waals surface area (Å²) in [4.78, 5) is 24.2. The van der Waals surface area contributed by atoms with Crippen LogP contribution in [0.15, 0.2) is 72.9 Å². The van der Waals surface area contributed by atoms with Crippen LogP contribution in [0.25, 0.3) is 0 Å².